The van der Waals surface area contributed by atoms with E-state index in [1.54, 1.807) is 0 Å². The Morgan fingerprint density at radius 1 is 1.00 bits per heavy atom. The molecule has 0 radical (unpaired) electrons. The van der Waals surface area contributed by atoms with Gasteiger partial charge in [0.15, 0.2) is 17.5 Å². The number of ether oxygens (including phenoxy) is 1. The van der Waals surface area contributed by atoms with Crippen molar-refractivity contribution in [1.82, 2.24) is 16.0 Å². The zero-order valence-electron chi connectivity index (χ0n) is 16.3. The van der Waals surface area contributed by atoms with Crippen molar-refractivity contribution >= 4 is 17.5 Å². The van der Waals surface area contributed by atoms with Crippen LogP contribution >= 0.6 is 11.8 Å². The van der Waals surface area contributed by atoms with Crippen LogP contribution in [0.15, 0.2) is 47.5 Å². The van der Waals surface area contributed by atoms with E-state index in [4.69, 9.17) is 4.74 Å². The van der Waals surface area contributed by atoms with E-state index in [-0.39, 0.29) is 11.3 Å². The maximum atomic E-state index is 13.6. The summed E-state index contributed by atoms with van der Waals surface area (Å²) < 4.78 is 59.2. The molecule has 4 rings (SSSR count). The van der Waals surface area contributed by atoms with E-state index >= 15 is 0 Å². The van der Waals surface area contributed by atoms with E-state index in [9.17, 15) is 32.9 Å². The number of hydrazine groups is 2. The second-order valence-corrected chi connectivity index (χ2v) is 8.38. The largest absolute Gasteiger partial charge is 0.394 e. The van der Waals surface area contributed by atoms with Crippen molar-refractivity contribution in [1.29, 1.82) is 0 Å². The molecule has 2 aromatic rings. The summed E-state index contributed by atoms with van der Waals surface area (Å²) in [5.41, 5.74) is 4.51. The summed E-state index contributed by atoms with van der Waals surface area (Å²) in [5.74, 6) is -4.77. The first kappa shape index (κ1) is 22.8. The van der Waals surface area contributed by atoms with Gasteiger partial charge in [0.25, 0.3) is 0 Å². The quantitative estimate of drug-likeness (QED) is 0.329. The molecule has 5 N–H and O–H groups in total. The van der Waals surface area contributed by atoms with Crippen molar-refractivity contribution in [3.63, 3.8) is 0 Å². The normalized spacial score (nSPS) is 27.9. The molecule has 2 heterocycles. The van der Waals surface area contributed by atoms with E-state index in [0.29, 0.717) is 4.90 Å². The Hall–Kier alpha value is -2.35. The molecule has 0 saturated carbocycles. The fraction of sp³-hybridized carbons (Fsp3) is 0.300. The second-order valence-electron chi connectivity index (χ2n) is 7.21. The molecule has 12 heteroatoms. The highest BCUT2D eigenvalue weighted by Gasteiger charge is 2.48. The Morgan fingerprint density at radius 3 is 2.28 bits per heavy atom. The molecule has 0 bridgehead atoms. The number of halogens is 4. The van der Waals surface area contributed by atoms with Gasteiger partial charge in [-0.15, -0.1) is 5.53 Å². The number of thioether (sulfide) groups is 1. The lowest BCUT2D eigenvalue weighted by Gasteiger charge is -2.45. The molecule has 7 nitrogen and oxygen atoms in total. The maximum Gasteiger partial charge on any atom is 0.194 e. The van der Waals surface area contributed by atoms with Gasteiger partial charge in [0.1, 0.15) is 35.6 Å². The van der Waals surface area contributed by atoms with Crippen LogP contribution in [0.1, 0.15) is 5.56 Å². The summed E-state index contributed by atoms with van der Waals surface area (Å²) in [5, 5.41) is 32.5. The highest BCUT2D eigenvalue weighted by Crippen LogP contribution is 2.35. The van der Waals surface area contributed by atoms with Crippen LogP contribution in [-0.4, -0.2) is 56.7 Å². The molecule has 3 unspecified atom stereocenters. The Labute approximate surface area is 184 Å². The van der Waals surface area contributed by atoms with E-state index in [2.05, 4.69) is 11.0 Å². The molecule has 0 spiro atoms. The lowest BCUT2D eigenvalue weighted by Crippen LogP contribution is -2.65. The molecule has 1 saturated heterocycles. The number of hydrogen-bond donors (Lipinski definition) is 5. The van der Waals surface area contributed by atoms with E-state index < -0.39 is 59.7 Å². The minimum Gasteiger partial charge on any atom is -0.394 e. The number of hydrogen-bond acceptors (Lipinski definition) is 8. The zero-order valence-corrected chi connectivity index (χ0v) is 17.1. The first-order chi connectivity index (χ1) is 15.3. The minimum absolute atomic E-state index is 0.0108. The average Bonchev–Trinajstić information content (AvgIpc) is 3.25. The molecule has 5 atom stereocenters. The third-order valence-corrected chi connectivity index (χ3v) is 6.28. The van der Waals surface area contributed by atoms with Crippen molar-refractivity contribution in [3.8, 4) is 0 Å². The van der Waals surface area contributed by atoms with Gasteiger partial charge in [0.2, 0.25) is 0 Å². The van der Waals surface area contributed by atoms with Gasteiger partial charge < -0.3 is 25.5 Å². The van der Waals surface area contributed by atoms with Crippen LogP contribution in [0.4, 0.5) is 17.6 Å². The van der Waals surface area contributed by atoms with Crippen LogP contribution in [0.5, 0.6) is 0 Å². The van der Waals surface area contributed by atoms with Gasteiger partial charge in [-0.1, -0.05) is 11.8 Å². The first-order valence-electron chi connectivity index (χ1n) is 9.50. The Bertz CT molecular complexity index is 990. The highest BCUT2D eigenvalue weighted by molar-refractivity contribution is 7.99. The topological polar surface area (TPSA) is 97.2 Å². The van der Waals surface area contributed by atoms with Gasteiger partial charge in [0, 0.05) is 16.7 Å². The van der Waals surface area contributed by atoms with Crippen LogP contribution in [-0.2, 0) is 4.74 Å². The first-order valence-corrected chi connectivity index (χ1v) is 10.4. The van der Waals surface area contributed by atoms with Crippen molar-refractivity contribution in [2.45, 2.75) is 34.7 Å². The Balaban J connectivity index is 1.58. The molecule has 0 aliphatic carbocycles. The molecular weight excluding hydrogens is 454 g/mol. The van der Waals surface area contributed by atoms with Gasteiger partial charge in [-0.3, -0.25) is 5.01 Å². The summed E-state index contributed by atoms with van der Waals surface area (Å²) in [4.78, 5) is 0.586. The average molecular weight is 473 g/mol. The van der Waals surface area contributed by atoms with Crippen LogP contribution in [0.3, 0.4) is 0 Å². The molecule has 2 aliphatic rings. The van der Waals surface area contributed by atoms with Crippen LogP contribution in [0, 0.1) is 23.3 Å². The predicted molar refractivity (Wildman–Crippen MR) is 106 cm³/mol. The summed E-state index contributed by atoms with van der Waals surface area (Å²) in [6, 6.07) is 6.01. The lowest BCUT2D eigenvalue weighted by molar-refractivity contribution is -0.189. The van der Waals surface area contributed by atoms with E-state index in [1.807, 2.05) is 0 Å². The fourth-order valence-electron chi connectivity index (χ4n) is 3.49. The monoisotopic (exact) mass is 473 g/mol. The third-order valence-electron chi connectivity index (χ3n) is 5.12. The van der Waals surface area contributed by atoms with E-state index in [1.165, 1.54) is 35.5 Å². The molecule has 0 aromatic heterocycles. The predicted octanol–water partition coefficient (Wildman–Crippen LogP) is 1.47. The molecule has 32 heavy (non-hydrogen) atoms. The highest BCUT2D eigenvalue weighted by atomic mass is 32.2. The number of nitrogens with zero attached hydrogens (tertiary/aromatic N) is 1. The standard InChI is InChI=1S/C20H19F4N3O4S/c21-10-1-3-11(4-2-10)32-20-19(30)17(18(29)15(8-28)31-20)27-7-14(25-26-27)9-5-12(22)16(24)13(23)6-9/h1-7,15,17-20,25-26,28-30H,8H2/t15?,17?,18-,19?,20+/m0/s1. The molecule has 2 aliphatic heterocycles. The van der Waals surface area contributed by atoms with Gasteiger partial charge >= 0.3 is 0 Å². The van der Waals surface area contributed by atoms with Gasteiger partial charge in [-0.25, -0.2) is 17.6 Å². The Kier molecular flexibility index (Phi) is 6.60. The van der Waals surface area contributed by atoms with Crippen LogP contribution in [0.2, 0.25) is 0 Å². The number of aliphatic hydroxyl groups excluding tert-OH is 3. The fourth-order valence-corrected chi connectivity index (χ4v) is 4.55. The molecule has 172 valence electrons. The maximum absolute atomic E-state index is 13.6. The van der Waals surface area contributed by atoms with Crippen molar-refractivity contribution in [2.75, 3.05) is 6.61 Å². The number of nitrogens with one attached hydrogen (secondary N) is 2. The number of rotatable bonds is 5. The third kappa shape index (κ3) is 4.42. The number of aliphatic hydroxyl groups is 3. The van der Waals surface area contributed by atoms with Gasteiger partial charge in [0.05, 0.1) is 12.3 Å². The van der Waals surface area contributed by atoms with Gasteiger partial charge in [-0.05, 0) is 36.4 Å². The lowest BCUT2D eigenvalue weighted by atomic mass is 9.97. The Morgan fingerprint density at radius 2 is 1.66 bits per heavy atom. The summed E-state index contributed by atoms with van der Waals surface area (Å²) in [7, 11) is 0. The van der Waals surface area contributed by atoms with Crippen LogP contribution in [0.25, 0.3) is 5.70 Å². The van der Waals surface area contributed by atoms with Crippen molar-refractivity contribution in [2.24, 2.45) is 0 Å². The minimum atomic E-state index is -1.60. The van der Waals surface area contributed by atoms with Crippen molar-refractivity contribution < 1.29 is 37.6 Å². The molecule has 2 aromatic carbocycles. The second kappa shape index (κ2) is 9.25. The molecule has 0 amide bonds. The summed E-state index contributed by atoms with van der Waals surface area (Å²) in [6.45, 7) is -0.545. The summed E-state index contributed by atoms with van der Waals surface area (Å²) >= 11 is 1.07. The van der Waals surface area contributed by atoms with Gasteiger partial charge in [-0.2, -0.15) is 0 Å². The SMILES string of the molecule is OCC1O[C@H](Sc2ccc(F)cc2)C(O)C(N2C=C(c3cc(F)c(F)c(F)c3)NN2)[C@H]1O. The smallest absolute Gasteiger partial charge is 0.194 e. The molecular formula is C20H19F4N3O4S. The van der Waals surface area contributed by atoms with E-state index in [0.717, 1.165) is 23.9 Å². The van der Waals surface area contributed by atoms with Crippen LogP contribution < -0.4 is 11.0 Å². The van der Waals surface area contributed by atoms with Crippen molar-refractivity contribution in [3.05, 3.63) is 71.4 Å². The summed E-state index contributed by atoms with van der Waals surface area (Å²) in [6.07, 6.45) is -2.38. The molecule has 1 fully saturated rings. The zero-order chi connectivity index (χ0) is 23.0. The number of benzene rings is 2.